The first-order chi connectivity index (χ1) is 4.68. The molecule has 0 spiro atoms. The van der Waals surface area contributed by atoms with E-state index < -0.39 is 5.97 Å². The van der Waals surface area contributed by atoms with Crippen molar-refractivity contribution < 1.29 is 9.90 Å². The van der Waals surface area contributed by atoms with Gasteiger partial charge < -0.3 is 9.67 Å². The van der Waals surface area contributed by atoms with Crippen LogP contribution in [0.1, 0.15) is 0 Å². The lowest BCUT2D eigenvalue weighted by atomic mass is 10.6. The highest BCUT2D eigenvalue weighted by Crippen LogP contribution is 2.01. The number of carboxylic acids is 1. The normalized spacial score (nSPS) is 9.70. The molecule has 0 aliphatic rings. The summed E-state index contributed by atoms with van der Waals surface area (Å²) in [7, 11) is 0. The van der Waals surface area contributed by atoms with Gasteiger partial charge in [-0.1, -0.05) is 11.6 Å². The molecule has 0 atom stereocenters. The number of imidazole rings is 1. The molecule has 10 heavy (non-hydrogen) atoms. The first-order valence-corrected chi connectivity index (χ1v) is 2.95. The Morgan fingerprint density at radius 3 is 3.00 bits per heavy atom. The van der Waals surface area contributed by atoms with E-state index in [1.807, 2.05) is 0 Å². The molecule has 5 heteroatoms. The smallest absolute Gasteiger partial charge is 0.323 e. The van der Waals surface area contributed by atoms with Crippen molar-refractivity contribution in [3.63, 3.8) is 0 Å². The van der Waals surface area contributed by atoms with Crippen LogP contribution in [0.2, 0.25) is 5.15 Å². The van der Waals surface area contributed by atoms with Gasteiger partial charge in [0.25, 0.3) is 0 Å². The van der Waals surface area contributed by atoms with Gasteiger partial charge in [0.15, 0.2) is 0 Å². The zero-order valence-corrected chi connectivity index (χ0v) is 5.75. The second kappa shape index (κ2) is 2.70. The Labute approximate surface area is 62.1 Å². The minimum Gasteiger partial charge on any atom is -0.480 e. The molecule has 54 valence electrons. The summed E-state index contributed by atoms with van der Waals surface area (Å²) in [6.07, 6.45) is 2.83. The van der Waals surface area contributed by atoms with Gasteiger partial charge in [0.1, 0.15) is 11.7 Å². The van der Waals surface area contributed by atoms with E-state index >= 15 is 0 Å². The average molecular weight is 161 g/mol. The van der Waals surface area contributed by atoms with Gasteiger partial charge in [0, 0.05) is 6.20 Å². The quantitative estimate of drug-likeness (QED) is 0.690. The average Bonchev–Trinajstić information content (AvgIpc) is 2.13. The maximum absolute atomic E-state index is 10.1. The summed E-state index contributed by atoms with van der Waals surface area (Å²) in [4.78, 5) is 13.7. The van der Waals surface area contributed by atoms with Gasteiger partial charge >= 0.3 is 5.97 Å². The molecule has 0 saturated carbocycles. The van der Waals surface area contributed by atoms with E-state index in [1.54, 1.807) is 0 Å². The van der Waals surface area contributed by atoms with E-state index in [9.17, 15) is 4.79 Å². The largest absolute Gasteiger partial charge is 0.480 e. The molecular weight excluding hydrogens is 156 g/mol. The maximum Gasteiger partial charge on any atom is 0.323 e. The number of aromatic nitrogens is 2. The van der Waals surface area contributed by atoms with Crippen LogP contribution in [0.25, 0.3) is 0 Å². The van der Waals surface area contributed by atoms with E-state index in [4.69, 9.17) is 16.7 Å². The number of carbonyl (C=O) groups is 1. The molecule has 1 N–H and O–H groups in total. The number of hydrogen-bond donors (Lipinski definition) is 1. The standard InChI is InChI=1S/C5H5ClN2O2/c6-4-1-8(3-7-4)2-5(9)10/h1,3H,2H2,(H,9,10). The van der Waals surface area contributed by atoms with Crippen LogP contribution in [0.5, 0.6) is 0 Å². The van der Waals surface area contributed by atoms with E-state index in [0.717, 1.165) is 0 Å². The number of aliphatic carboxylic acids is 1. The lowest BCUT2D eigenvalue weighted by molar-refractivity contribution is -0.137. The van der Waals surface area contributed by atoms with Crippen molar-refractivity contribution in [3.05, 3.63) is 17.7 Å². The van der Waals surface area contributed by atoms with Crippen LogP contribution in [-0.4, -0.2) is 20.6 Å². The Balaban J connectivity index is 2.67. The Morgan fingerprint density at radius 2 is 2.60 bits per heavy atom. The Morgan fingerprint density at radius 1 is 1.90 bits per heavy atom. The molecule has 0 bridgehead atoms. The third kappa shape index (κ3) is 1.73. The summed E-state index contributed by atoms with van der Waals surface area (Å²) < 4.78 is 1.39. The van der Waals surface area contributed by atoms with Crippen molar-refractivity contribution in [2.75, 3.05) is 0 Å². The molecule has 1 heterocycles. The van der Waals surface area contributed by atoms with Crippen molar-refractivity contribution in [1.82, 2.24) is 9.55 Å². The number of nitrogens with zero attached hydrogens (tertiary/aromatic N) is 2. The van der Waals surface area contributed by atoms with Crippen LogP contribution < -0.4 is 0 Å². The molecule has 0 fully saturated rings. The molecule has 0 radical (unpaired) electrons. The van der Waals surface area contributed by atoms with E-state index in [0.29, 0.717) is 5.15 Å². The van der Waals surface area contributed by atoms with Crippen molar-refractivity contribution in [2.24, 2.45) is 0 Å². The van der Waals surface area contributed by atoms with E-state index in [-0.39, 0.29) is 6.54 Å². The van der Waals surface area contributed by atoms with Gasteiger partial charge in [-0.25, -0.2) is 4.98 Å². The molecule has 1 rings (SSSR count). The number of hydrogen-bond acceptors (Lipinski definition) is 2. The summed E-state index contributed by atoms with van der Waals surface area (Å²) in [6, 6.07) is 0. The SMILES string of the molecule is O=C(O)Cn1cnc(Cl)c1. The predicted molar refractivity (Wildman–Crippen MR) is 34.9 cm³/mol. The van der Waals surface area contributed by atoms with Crippen LogP contribution in [-0.2, 0) is 11.3 Å². The van der Waals surface area contributed by atoms with Crippen LogP contribution >= 0.6 is 11.6 Å². The van der Waals surface area contributed by atoms with Crippen molar-refractivity contribution in [3.8, 4) is 0 Å². The lowest BCUT2D eigenvalue weighted by Gasteiger charge is -1.92. The summed E-state index contributed by atoms with van der Waals surface area (Å²) in [5.41, 5.74) is 0. The number of halogens is 1. The van der Waals surface area contributed by atoms with Crippen LogP contribution in [0, 0.1) is 0 Å². The van der Waals surface area contributed by atoms with Crippen molar-refractivity contribution in [2.45, 2.75) is 6.54 Å². The first kappa shape index (κ1) is 7.08. The zero-order chi connectivity index (χ0) is 7.56. The molecular formula is C5H5ClN2O2. The summed E-state index contributed by atoms with van der Waals surface area (Å²) in [6.45, 7) is -0.0975. The molecule has 0 aliphatic carbocycles. The molecule has 0 amide bonds. The lowest BCUT2D eigenvalue weighted by Crippen LogP contribution is -2.05. The van der Waals surface area contributed by atoms with Gasteiger partial charge in [-0.05, 0) is 0 Å². The molecule has 1 aromatic heterocycles. The molecule has 0 unspecified atom stereocenters. The Hall–Kier alpha value is -1.03. The highest BCUT2D eigenvalue weighted by atomic mass is 35.5. The van der Waals surface area contributed by atoms with Gasteiger partial charge in [0.2, 0.25) is 0 Å². The van der Waals surface area contributed by atoms with Gasteiger partial charge in [0.05, 0.1) is 6.33 Å². The van der Waals surface area contributed by atoms with Crippen LogP contribution in [0.4, 0.5) is 0 Å². The third-order valence-corrected chi connectivity index (χ3v) is 1.11. The molecule has 0 saturated heterocycles. The minimum atomic E-state index is -0.908. The fourth-order valence-corrected chi connectivity index (χ4v) is 0.744. The second-order valence-corrected chi connectivity index (χ2v) is 2.15. The van der Waals surface area contributed by atoms with Crippen LogP contribution in [0.15, 0.2) is 12.5 Å². The van der Waals surface area contributed by atoms with Gasteiger partial charge in [-0.3, -0.25) is 4.79 Å². The predicted octanol–water partition coefficient (Wildman–Crippen LogP) is 0.621. The minimum absolute atomic E-state index is 0.0975. The maximum atomic E-state index is 10.1. The highest BCUT2D eigenvalue weighted by Gasteiger charge is 1.98. The van der Waals surface area contributed by atoms with Crippen molar-refractivity contribution >= 4 is 17.6 Å². The number of rotatable bonds is 2. The Kier molecular flexibility index (Phi) is 1.91. The summed E-state index contributed by atoms with van der Waals surface area (Å²) in [5.74, 6) is -0.908. The summed E-state index contributed by atoms with van der Waals surface area (Å²) >= 11 is 5.42. The fraction of sp³-hybridized carbons (Fsp3) is 0.200. The first-order valence-electron chi connectivity index (χ1n) is 2.57. The van der Waals surface area contributed by atoms with Crippen molar-refractivity contribution in [1.29, 1.82) is 0 Å². The highest BCUT2D eigenvalue weighted by molar-refractivity contribution is 6.29. The van der Waals surface area contributed by atoms with E-state index in [1.165, 1.54) is 17.1 Å². The monoisotopic (exact) mass is 160 g/mol. The molecule has 0 aromatic carbocycles. The molecule has 4 nitrogen and oxygen atoms in total. The number of carboxylic acid groups (broad SMARTS) is 1. The Bertz CT molecular complexity index is 246. The fourth-order valence-electron chi connectivity index (χ4n) is 0.575. The van der Waals surface area contributed by atoms with Gasteiger partial charge in [-0.15, -0.1) is 0 Å². The van der Waals surface area contributed by atoms with E-state index in [2.05, 4.69) is 4.98 Å². The zero-order valence-electron chi connectivity index (χ0n) is 4.99. The van der Waals surface area contributed by atoms with Crippen LogP contribution in [0.3, 0.4) is 0 Å². The third-order valence-electron chi connectivity index (χ3n) is 0.920. The van der Waals surface area contributed by atoms with Gasteiger partial charge in [-0.2, -0.15) is 0 Å². The second-order valence-electron chi connectivity index (χ2n) is 1.76. The topological polar surface area (TPSA) is 55.1 Å². The molecule has 1 aromatic rings. The summed E-state index contributed by atoms with van der Waals surface area (Å²) in [5, 5.41) is 8.59. The molecule has 0 aliphatic heterocycles.